The Morgan fingerprint density at radius 2 is 1.35 bits per heavy atom. The normalized spacial score (nSPS) is 10.5. The molecule has 11 heteroatoms. The van der Waals surface area contributed by atoms with Crippen molar-refractivity contribution < 1.29 is 33.5 Å². The van der Waals surface area contributed by atoms with Crippen molar-refractivity contribution in [3.05, 3.63) is 130 Å². The molecule has 0 aliphatic rings. The second-order valence-electron chi connectivity index (χ2n) is 8.04. The molecule has 0 aliphatic heterocycles. The van der Waals surface area contributed by atoms with Gasteiger partial charge in [0.1, 0.15) is 17.2 Å². The summed E-state index contributed by atoms with van der Waals surface area (Å²) >= 11 is 0. The summed E-state index contributed by atoms with van der Waals surface area (Å²) in [6.07, 6.45) is 1.25. The number of carbonyl (C=O) groups excluding carboxylic acids is 3. The lowest BCUT2D eigenvalue weighted by atomic mass is 10.2. The molecule has 4 aromatic carbocycles. The number of amides is 1. The highest BCUT2D eigenvalue weighted by Gasteiger charge is 2.15. The number of hydrogen-bond acceptors (Lipinski definition) is 9. The monoisotopic (exact) mass is 539 g/mol. The van der Waals surface area contributed by atoms with Crippen LogP contribution in [0.25, 0.3) is 0 Å². The number of nitrogens with zero attached hydrogens (tertiary/aromatic N) is 2. The minimum absolute atomic E-state index is 0.0346. The fraction of sp³-hybridized carbons (Fsp3) is 0.0345. The summed E-state index contributed by atoms with van der Waals surface area (Å²) in [4.78, 5) is 47.5. The Kier molecular flexibility index (Phi) is 8.91. The van der Waals surface area contributed by atoms with Gasteiger partial charge in [-0.15, -0.1) is 0 Å². The van der Waals surface area contributed by atoms with Crippen molar-refractivity contribution in [2.24, 2.45) is 5.10 Å². The number of hydrazone groups is 1. The van der Waals surface area contributed by atoms with Crippen molar-refractivity contribution in [2.75, 3.05) is 6.61 Å². The molecule has 4 aromatic rings. The Balaban J connectivity index is 1.44. The number of ether oxygens (including phenoxy) is 3. The third-order valence-electron chi connectivity index (χ3n) is 5.23. The number of nitrogens with one attached hydrogen (secondary N) is 1. The van der Waals surface area contributed by atoms with Gasteiger partial charge in [0.15, 0.2) is 6.61 Å². The van der Waals surface area contributed by atoms with Gasteiger partial charge in [-0.3, -0.25) is 14.9 Å². The highest BCUT2D eigenvalue weighted by atomic mass is 16.6. The van der Waals surface area contributed by atoms with Crippen LogP contribution in [-0.2, 0) is 4.79 Å². The van der Waals surface area contributed by atoms with Gasteiger partial charge in [0.25, 0.3) is 11.6 Å². The van der Waals surface area contributed by atoms with Crippen molar-refractivity contribution in [3.8, 4) is 17.2 Å². The van der Waals surface area contributed by atoms with E-state index in [-0.39, 0.29) is 22.9 Å². The Hall–Kier alpha value is -5.84. The first-order valence-electron chi connectivity index (χ1n) is 11.8. The fourth-order valence-corrected chi connectivity index (χ4v) is 3.27. The van der Waals surface area contributed by atoms with Gasteiger partial charge >= 0.3 is 11.9 Å². The van der Waals surface area contributed by atoms with Gasteiger partial charge in [0.2, 0.25) is 0 Å². The highest BCUT2D eigenvalue weighted by Crippen LogP contribution is 2.26. The second-order valence-corrected chi connectivity index (χ2v) is 8.04. The van der Waals surface area contributed by atoms with Crippen molar-refractivity contribution in [3.63, 3.8) is 0 Å². The molecule has 0 heterocycles. The first-order valence-corrected chi connectivity index (χ1v) is 11.8. The predicted octanol–water partition coefficient (Wildman–Crippen LogP) is 4.56. The van der Waals surface area contributed by atoms with E-state index in [9.17, 15) is 24.5 Å². The molecule has 0 radical (unpaired) electrons. The van der Waals surface area contributed by atoms with E-state index in [4.69, 9.17) is 14.2 Å². The van der Waals surface area contributed by atoms with Gasteiger partial charge in [0, 0.05) is 23.8 Å². The molecular weight excluding hydrogens is 518 g/mol. The Morgan fingerprint density at radius 3 is 1.95 bits per heavy atom. The number of rotatable bonds is 10. The van der Waals surface area contributed by atoms with E-state index in [1.54, 1.807) is 60.7 Å². The summed E-state index contributed by atoms with van der Waals surface area (Å²) in [6.45, 7) is -0.403. The number of benzene rings is 4. The van der Waals surface area contributed by atoms with E-state index >= 15 is 0 Å². The van der Waals surface area contributed by atoms with Gasteiger partial charge < -0.3 is 14.2 Å². The maximum absolute atomic E-state index is 12.7. The Morgan fingerprint density at radius 1 is 0.775 bits per heavy atom. The van der Waals surface area contributed by atoms with E-state index in [0.717, 1.165) is 0 Å². The lowest BCUT2D eigenvalue weighted by Gasteiger charge is -2.10. The smallest absolute Gasteiger partial charge is 0.343 e. The number of carbonyl (C=O) groups is 3. The zero-order chi connectivity index (χ0) is 28.3. The average molecular weight is 540 g/mol. The van der Waals surface area contributed by atoms with Crippen LogP contribution in [0.1, 0.15) is 26.3 Å². The highest BCUT2D eigenvalue weighted by molar-refractivity contribution is 5.94. The molecule has 0 unspecified atom stereocenters. The predicted molar refractivity (Wildman–Crippen MR) is 144 cm³/mol. The van der Waals surface area contributed by atoms with Crippen LogP contribution in [0.2, 0.25) is 0 Å². The first kappa shape index (κ1) is 27.2. The fourth-order valence-electron chi connectivity index (χ4n) is 3.27. The zero-order valence-corrected chi connectivity index (χ0v) is 20.8. The van der Waals surface area contributed by atoms with Crippen LogP contribution in [0.3, 0.4) is 0 Å². The molecule has 11 nitrogen and oxygen atoms in total. The minimum atomic E-state index is -0.651. The zero-order valence-electron chi connectivity index (χ0n) is 20.8. The second kappa shape index (κ2) is 13.1. The molecular formula is C29H21N3O8. The van der Waals surface area contributed by atoms with Crippen molar-refractivity contribution in [2.45, 2.75) is 0 Å². The minimum Gasteiger partial charge on any atom is -0.484 e. The molecule has 0 spiro atoms. The summed E-state index contributed by atoms with van der Waals surface area (Å²) in [6, 6.07) is 26.3. The molecule has 200 valence electrons. The van der Waals surface area contributed by atoms with Gasteiger partial charge in [-0.1, -0.05) is 36.4 Å². The van der Waals surface area contributed by atoms with Gasteiger partial charge in [-0.05, 0) is 48.5 Å². The third-order valence-corrected chi connectivity index (χ3v) is 5.23. The Bertz CT molecular complexity index is 1540. The standard InChI is InChI=1S/C29H21N3O8/c33-27(19-38-24-15-12-23(13-16-24)32(36)37)31-30-18-22-11-14-25(39-28(34)20-7-3-1-4-8-20)17-26(22)40-29(35)21-9-5-2-6-10-21/h1-18H,19H2,(H,31,33)/b30-18-. The van der Waals surface area contributed by atoms with Crippen LogP contribution in [0.15, 0.2) is 108 Å². The van der Waals surface area contributed by atoms with E-state index < -0.39 is 29.4 Å². The molecule has 0 aliphatic carbocycles. The molecule has 1 amide bonds. The molecule has 0 bridgehead atoms. The molecule has 0 aromatic heterocycles. The molecule has 40 heavy (non-hydrogen) atoms. The molecule has 0 atom stereocenters. The largest absolute Gasteiger partial charge is 0.484 e. The summed E-state index contributed by atoms with van der Waals surface area (Å²) in [5.41, 5.74) is 3.13. The topological polar surface area (TPSA) is 146 Å². The number of esters is 2. The third kappa shape index (κ3) is 7.59. The number of nitro groups is 1. The van der Waals surface area contributed by atoms with Crippen LogP contribution in [-0.4, -0.2) is 35.6 Å². The molecule has 0 saturated carbocycles. The Labute approximate surface area is 227 Å². The lowest BCUT2D eigenvalue weighted by molar-refractivity contribution is -0.384. The summed E-state index contributed by atoms with van der Waals surface area (Å²) in [7, 11) is 0. The summed E-state index contributed by atoms with van der Waals surface area (Å²) in [5.74, 6) is -1.42. The number of nitro benzene ring substituents is 1. The van der Waals surface area contributed by atoms with E-state index in [0.29, 0.717) is 16.7 Å². The number of non-ortho nitro benzene ring substituents is 1. The van der Waals surface area contributed by atoms with Crippen LogP contribution in [0.4, 0.5) is 5.69 Å². The summed E-state index contributed by atoms with van der Waals surface area (Å²) in [5, 5.41) is 14.6. The van der Waals surface area contributed by atoms with Crippen molar-refractivity contribution in [1.29, 1.82) is 0 Å². The lowest BCUT2D eigenvalue weighted by Crippen LogP contribution is -2.24. The van der Waals surface area contributed by atoms with Crippen LogP contribution in [0, 0.1) is 10.1 Å². The SMILES string of the molecule is O=C(COc1ccc([N+](=O)[O-])cc1)N/N=C\c1ccc(OC(=O)c2ccccc2)cc1OC(=O)c1ccccc1. The van der Waals surface area contributed by atoms with Crippen molar-refractivity contribution in [1.82, 2.24) is 5.43 Å². The number of hydrogen-bond donors (Lipinski definition) is 1. The average Bonchev–Trinajstić information content (AvgIpc) is 2.98. The van der Waals surface area contributed by atoms with E-state index in [1.165, 1.54) is 48.7 Å². The summed E-state index contributed by atoms with van der Waals surface area (Å²) < 4.78 is 16.3. The molecule has 4 rings (SSSR count). The first-order chi connectivity index (χ1) is 19.4. The van der Waals surface area contributed by atoms with E-state index in [2.05, 4.69) is 10.5 Å². The maximum Gasteiger partial charge on any atom is 0.343 e. The van der Waals surface area contributed by atoms with Gasteiger partial charge in [-0.2, -0.15) is 5.10 Å². The van der Waals surface area contributed by atoms with Crippen LogP contribution >= 0.6 is 0 Å². The maximum atomic E-state index is 12.7. The molecule has 1 N–H and O–H groups in total. The molecule has 0 fully saturated rings. The van der Waals surface area contributed by atoms with Crippen molar-refractivity contribution >= 4 is 29.7 Å². The molecule has 0 saturated heterocycles. The van der Waals surface area contributed by atoms with Gasteiger partial charge in [-0.25, -0.2) is 15.0 Å². The van der Waals surface area contributed by atoms with Crippen LogP contribution in [0.5, 0.6) is 17.2 Å². The van der Waals surface area contributed by atoms with Crippen LogP contribution < -0.4 is 19.6 Å². The quantitative estimate of drug-likeness (QED) is 0.101. The van der Waals surface area contributed by atoms with E-state index in [1.807, 2.05) is 0 Å². The van der Waals surface area contributed by atoms with Gasteiger partial charge in [0.05, 0.1) is 22.3 Å².